The number of hydrogen-bond donors (Lipinski definition) is 1. The Labute approximate surface area is 136 Å². The molecule has 0 radical (unpaired) electrons. The van der Waals surface area contributed by atoms with E-state index < -0.39 is 16.1 Å². The molecule has 1 aliphatic heterocycles. The number of anilines is 1. The lowest BCUT2D eigenvalue weighted by Crippen LogP contribution is -2.48. The third-order valence-electron chi connectivity index (χ3n) is 3.42. The van der Waals surface area contributed by atoms with Crippen molar-refractivity contribution in [1.82, 2.24) is 5.32 Å². The van der Waals surface area contributed by atoms with Crippen molar-refractivity contribution in [3.63, 3.8) is 0 Å². The number of ether oxygens (including phenoxy) is 2. The normalized spacial score (nSPS) is 14.9. The van der Waals surface area contributed by atoms with Crippen LogP contribution in [-0.4, -0.2) is 46.4 Å². The highest BCUT2D eigenvalue weighted by Crippen LogP contribution is 2.35. The molecular formula is C15H22N2O5S. The zero-order chi connectivity index (χ0) is 17.0. The molecule has 0 saturated heterocycles. The largest absolute Gasteiger partial charge is 0.486 e. The van der Waals surface area contributed by atoms with Gasteiger partial charge in [0.1, 0.15) is 19.3 Å². The number of fused-ring (bicyclic) bond motifs is 1. The Kier molecular flexibility index (Phi) is 5.35. The molecule has 1 heterocycles. The maximum absolute atomic E-state index is 12.2. The van der Waals surface area contributed by atoms with E-state index in [1.807, 2.05) is 6.92 Å². The molecule has 1 aromatic rings. The summed E-state index contributed by atoms with van der Waals surface area (Å²) in [5.41, 5.74) is 0.371. The van der Waals surface area contributed by atoms with Gasteiger partial charge in [0.2, 0.25) is 15.9 Å². The van der Waals surface area contributed by atoms with E-state index in [1.54, 1.807) is 25.1 Å². The molecule has 0 unspecified atom stereocenters. The summed E-state index contributed by atoms with van der Waals surface area (Å²) < 4.78 is 36.4. The summed E-state index contributed by atoms with van der Waals surface area (Å²) in [7, 11) is -3.64. The number of carbonyl (C=O) groups is 1. The Morgan fingerprint density at radius 3 is 2.57 bits per heavy atom. The fourth-order valence-electron chi connectivity index (χ4n) is 2.37. The van der Waals surface area contributed by atoms with Crippen LogP contribution in [0.15, 0.2) is 18.2 Å². The van der Waals surface area contributed by atoms with Crippen LogP contribution in [0.4, 0.5) is 5.69 Å². The van der Waals surface area contributed by atoms with Crippen LogP contribution in [0.3, 0.4) is 0 Å². The zero-order valence-corrected chi connectivity index (χ0v) is 14.4. The third-order valence-corrected chi connectivity index (χ3v) is 4.66. The van der Waals surface area contributed by atoms with Crippen molar-refractivity contribution >= 4 is 21.6 Å². The molecule has 23 heavy (non-hydrogen) atoms. The molecule has 0 spiro atoms. The average molecular weight is 342 g/mol. The van der Waals surface area contributed by atoms with Gasteiger partial charge in [-0.3, -0.25) is 9.10 Å². The first-order chi connectivity index (χ1) is 10.8. The highest BCUT2D eigenvalue weighted by atomic mass is 32.2. The Bertz CT molecular complexity index is 674. The van der Waals surface area contributed by atoms with E-state index in [0.29, 0.717) is 36.9 Å². The lowest BCUT2D eigenvalue weighted by atomic mass is 10.2. The quantitative estimate of drug-likeness (QED) is 0.838. The lowest BCUT2D eigenvalue weighted by Gasteiger charge is -2.29. The number of benzene rings is 1. The van der Waals surface area contributed by atoms with Gasteiger partial charge in [-0.15, -0.1) is 0 Å². The van der Waals surface area contributed by atoms with Crippen LogP contribution < -0.4 is 19.1 Å². The van der Waals surface area contributed by atoms with Gasteiger partial charge in [-0.25, -0.2) is 8.42 Å². The van der Waals surface area contributed by atoms with E-state index in [4.69, 9.17) is 9.47 Å². The first-order valence-corrected chi connectivity index (χ1v) is 9.36. The minimum atomic E-state index is -3.64. The second-order valence-corrected chi connectivity index (χ2v) is 7.21. The maximum atomic E-state index is 12.2. The Morgan fingerprint density at radius 1 is 1.30 bits per heavy atom. The number of hydrogen-bond acceptors (Lipinski definition) is 5. The summed E-state index contributed by atoms with van der Waals surface area (Å²) in [6.07, 6.45) is 1.86. The highest BCUT2D eigenvalue weighted by Gasteiger charge is 2.30. The van der Waals surface area contributed by atoms with Crippen molar-refractivity contribution < 1.29 is 22.7 Å². The third kappa shape index (κ3) is 4.07. The first-order valence-electron chi connectivity index (χ1n) is 7.51. The average Bonchev–Trinajstić information content (AvgIpc) is 2.51. The van der Waals surface area contributed by atoms with Gasteiger partial charge in [-0.05, 0) is 25.5 Å². The van der Waals surface area contributed by atoms with Crippen LogP contribution in [0.1, 0.15) is 20.3 Å². The van der Waals surface area contributed by atoms with Gasteiger partial charge in [-0.2, -0.15) is 0 Å². The summed E-state index contributed by atoms with van der Waals surface area (Å²) in [5, 5.41) is 2.72. The second kappa shape index (κ2) is 7.08. The van der Waals surface area contributed by atoms with E-state index in [9.17, 15) is 13.2 Å². The van der Waals surface area contributed by atoms with Crippen LogP contribution in [0.2, 0.25) is 0 Å². The second-order valence-electron chi connectivity index (χ2n) is 5.35. The van der Waals surface area contributed by atoms with Gasteiger partial charge in [-0.1, -0.05) is 6.92 Å². The summed E-state index contributed by atoms with van der Waals surface area (Å²) in [5.74, 6) is 0.701. The molecule has 0 aromatic heterocycles. The van der Waals surface area contributed by atoms with Crippen molar-refractivity contribution in [2.24, 2.45) is 0 Å². The number of amides is 1. The minimum Gasteiger partial charge on any atom is -0.486 e. The van der Waals surface area contributed by atoms with Gasteiger partial charge < -0.3 is 14.8 Å². The SMILES string of the molecule is CCCNC(=O)[C@H](C)N(c1ccc2c(c1)OCCO2)S(C)(=O)=O. The molecule has 0 aliphatic carbocycles. The van der Waals surface area contributed by atoms with Crippen molar-refractivity contribution in [2.75, 3.05) is 30.3 Å². The molecule has 8 heteroatoms. The Hall–Kier alpha value is -1.96. The molecule has 1 atom stereocenters. The van der Waals surface area contributed by atoms with Crippen molar-refractivity contribution in [3.05, 3.63) is 18.2 Å². The van der Waals surface area contributed by atoms with Crippen molar-refractivity contribution in [3.8, 4) is 11.5 Å². The fourth-order valence-corrected chi connectivity index (χ4v) is 3.54. The maximum Gasteiger partial charge on any atom is 0.243 e. The van der Waals surface area contributed by atoms with Crippen LogP contribution in [0.5, 0.6) is 11.5 Å². The predicted octanol–water partition coefficient (Wildman–Crippen LogP) is 1.14. The molecule has 128 valence electrons. The summed E-state index contributed by atoms with van der Waals surface area (Å²) >= 11 is 0. The molecule has 1 N–H and O–H groups in total. The topological polar surface area (TPSA) is 84.9 Å². The number of sulfonamides is 1. The zero-order valence-electron chi connectivity index (χ0n) is 13.5. The first kappa shape index (κ1) is 17.4. The smallest absolute Gasteiger partial charge is 0.243 e. The van der Waals surface area contributed by atoms with E-state index >= 15 is 0 Å². The molecule has 1 aromatic carbocycles. The summed E-state index contributed by atoms with van der Waals surface area (Å²) in [6, 6.07) is 3.98. The number of rotatable bonds is 6. The van der Waals surface area contributed by atoms with E-state index in [0.717, 1.165) is 17.0 Å². The molecule has 2 rings (SSSR count). The van der Waals surface area contributed by atoms with Crippen LogP contribution in [0.25, 0.3) is 0 Å². The number of nitrogens with one attached hydrogen (secondary N) is 1. The molecule has 1 amide bonds. The highest BCUT2D eigenvalue weighted by molar-refractivity contribution is 7.92. The van der Waals surface area contributed by atoms with Gasteiger partial charge >= 0.3 is 0 Å². The standard InChI is InChI=1S/C15H22N2O5S/c1-4-7-16-15(18)11(2)17(23(3,19)20)12-5-6-13-14(10-12)22-9-8-21-13/h5-6,10-11H,4,7-9H2,1-3H3,(H,16,18)/t11-/m0/s1. The number of nitrogens with zero attached hydrogens (tertiary/aromatic N) is 1. The number of carbonyl (C=O) groups excluding carboxylic acids is 1. The summed E-state index contributed by atoms with van der Waals surface area (Å²) in [4.78, 5) is 12.2. The molecule has 7 nitrogen and oxygen atoms in total. The van der Waals surface area contributed by atoms with Gasteiger partial charge in [0.25, 0.3) is 0 Å². The molecule has 1 aliphatic rings. The van der Waals surface area contributed by atoms with Gasteiger partial charge in [0.15, 0.2) is 11.5 Å². The Balaban J connectivity index is 2.34. The molecular weight excluding hydrogens is 320 g/mol. The van der Waals surface area contributed by atoms with Gasteiger partial charge in [0.05, 0.1) is 11.9 Å². The van der Waals surface area contributed by atoms with Crippen LogP contribution >= 0.6 is 0 Å². The monoisotopic (exact) mass is 342 g/mol. The van der Waals surface area contributed by atoms with Crippen LogP contribution in [0, 0.1) is 0 Å². The van der Waals surface area contributed by atoms with Crippen molar-refractivity contribution in [2.45, 2.75) is 26.3 Å². The molecule has 0 bridgehead atoms. The van der Waals surface area contributed by atoms with E-state index in [-0.39, 0.29) is 5.91 Å². The van der Waals surface area contributed by atoms with Gasteiger partial charge in [0, 0.05) is 12.6 Å². The van der Waals surface area contributed by atoms with E-state index in [1.165, 1.54) is 0 Å². The lowest BCUT2D eigenvalue weighted by molar-refractivity contribution is -0.121. The molecule has 0 fully saturated rings. The van der Waals surface area contributed by atoms with Crippen LogP contribution in [-0.2, 0) is 14.8 Å². The fraction of sp³-hybridized carbons (Fsp3) is 0.533. The molecule has 0 saturated carbocycles. The van der Waals surface area contributed by atoms with E-state index in [2.05, 4.69) is 5.32 Å². The summed E-state index contributed by atoms with van der Waals surface area (Å²) in [6.45, 7) is 4.85. The minimum absolute atomic E-state index is 0.341. The predicted molar refractivity (Wildman–Crippen MR) is 87.5 cm³/mol. The Morgan fingerprint density at radius 2 is 1.96 bits per heavy atom. The van der Waals surface area contributed by atoms with Crippen molar-refractivity contribution in [1.29, 1.82) is 0 Å².